The van der Waals surface area contributed by atoms with Crippen molar-refractivity contribution >= 4 is 45.0 Å². The number of aliphatic imine (C=N–C) groups is 1. The molecule has 0 aliphatic carbocycles. The molecule has 2 aliphatic heterocycles. The molecular weight excluding hydrogens is 579 g/mol. The molecule has 204 valence electrons. The fraction of sp³-hybridized carbons (Fsp3) is 0.462. The fourth-order valence-electron chi connectivity index (χ4n) is 4.20. The quantitative estimate of drug-likeness (QED) is 0.452. The van der Waals surface area contributed by atoms with Crippen LogP contribution >= 0.6 is 27.3 Å². The van der Waals surface area contributed by atoms with Gasteiger partial charge >= 0.3 is 11.9 Å². The highest BCUT2D eigenvalue weighted by atomic mass is 79.9. The van der Waals surface area contributed by atoms with Crippen molar-refractivity contribution in [1.29, 1.82) is 0 Å². The largest absolute Gasteiger partial charge is 0.466 e. The van der Waals surface area contributed by atoms with E-state index in [-0.39, 0.29) is 12.6 Å². The third-order valence-corrected chi connectivity index (χ3v) is 7.94. The average molecular weight is 610 g/mol. The van der Waals surface area contributed by atoms with Crippen LogP contribution in [0.3, 0.4) is 0 Å². The Morgan fingerprint density at radius 1 is 1.32 bits per heavy atom. The lowest BCUT2D eigenvalue weighted by atomic mass is 9.90. The predicted molar refractivity (Wildman–Crippen MR) is 145 cm³/mol. The molecule has 0 amide bonds. The molecule has 1 unspecified atom stereocenters. The van der Waals surface area contributed by atoms with E-state index in [2.05, 4.69) is 26.1 Å². The van der Waals surface area contributed by atoms with E-state index >= 15 is 0 Å². The van der Waals surface area contributed by atoms with Crippen molar-refractivity contribution < 1.29 is 28.2 Å². The van der Waals surface area contributed by atoms with Crippen molar-refractivity contribution in [2.24, 2.45) is 4.99 Å². The topological polar surface area (TPSA) is 102 Å². The van der Waals surface area contributed by atoms with Gasteiger partial charge < -0.3 is 19.5 Å². The molecule has 0 spiro atoms. The van der Waals surface area contributed by atoms with Crippen LogP contribution < -0.4 is 5.32 Å². The normalized spacial score (nSPS) is 18.6. The summed E-state index contributed by atoms with van der Waals surface area (Å²) < 4.78 is 30.3. The Morgan fingerprint density at radius 2 is 2.05 bits per heavy atom. The lowest BCUT2D eigenvalue weighted by molar-refractivity contribution is -0.149. The number of nitrogens with zero attached hydrogens (tertiary/aromatic N) is 3. The number of halogens is 2. The lowest BCUT2D eigenvalue weighted by Crippen LogP contribution is -2.43. The Labute approximate surface area is 233 Å². The number of hydrogen-bond donors (Lipinski definition) is 1. The van der Waals surface area contributed by atoms with E-state index in [0.29, 0.717) is 70.7 Å². The molecule has 2 aliphatic rings. The van der Waals surface area contributed by atoms with E-state index in [1.54, 1.807) is 32.2 Å². The van der Waals surface area contributed by atoms with Gasteiger partial charge in [-0.3, -0.25) is 14.7 Å². The first kappa shape index (κ1) is 28.3. The average Bonchev–Trinajstić information content (AvgIpc) is 3.40. The predicted octanol–water partition coefficient (Wildman–Crippen LogP) is 3.74. The Hall–Kier alpha value is -2.67. The number of methoxy groups -OCH3 is 1. The molecule has 4 rings (SSSR count). The van der Waals surface area contributed by atoms with Gasteiger partial charge in [-0.15, -0.1) is 11.3 Å². The molecule has 9 nitrogen and oxygen atoms in total. The molecule has 1 aromatic carbocycles. The Balaban J connectivity index is 1.79. The summed E-state index contributed by atoms with van der Waals surface area (Å²) in [6, 6.07) is 3.49. The maximum absolute atomic E-state index is 14.0. The summed E-state index contributed by atoms with van der Waals surface area (Å²) in [5.41, 5.74) is 1.15. The van der Waals surface area contributed by atoms with Crippen molar-refractivity contribution in [3.05, 3.63) is 61.4 Å². The summed E-state index contributed by atoms with van der Waals surface area (Å²) in [6.07, 6.45) is 0. The molecule has 1 atom stereocenters. The van der Waals surface area contributed by atoms with Gasteiger partial charge in [0.25, 0.3) is 0 Å². The van der Waals surface area contributed by atoms with Gasteiger partial charge in [0.05, 0.1) is 38.2 Å². The zero-order chi connectivity index (χ0) is 27.4. The number of nitrogens with one attached hydrogen (secondary N) is 1. The number of thiazole rings is 1. The number of carbonyl (C=O) groups is 2. The van der Waals surface area contributed by atoms with Crippen LogP contribution in [0.5, 0.6) is 0 Å². The SMILES string of the molecule is CCOC(=O)C(C)(C)c1csc(C2=NC(c3ccc(F)cc3Br)C(C(=O)OC)=C(CN3CCOCC3)N2)n1. The number of hydrogen-bond acceptors (Lipinski definition) is 10. The molecule has 3 heterocycles. The van der Waals surface area contributed by atoms with Crippen LogP contribution in [0.1, 0.15) is 43.1 Å². The number of aromatic nitrogens is 1. The molecule has 1 aromatic heterocycles. The second-order valence-electron chi connectivity index (χ2n) is 9.33. The van der Waals surface area contributed by atoms with Crippen LogP contribution in [0.25, 0.3) is 0 Å². The highest BCUT2D eigenvalue weighted by Gasteiger charge is 2.37. The van der Waals surface area contributed by atoms with Crippen molar-refractivity contribution in [2.75, 3.05) is 46.6 Å². The van der Waals surface area contributed by atoms with E-state index in [4.69, 9.17) is 24.2 Å². The summed E-state index contributed by atoms with van der Waals surface area (Å²) in [7, 11) is 1.32. The van der Waals surface area contributed by atoms with Gasteiger partial charge in [0.2, 0.25) is 0 Å². The number of ether oxygens (including phenoxy) is 3. The highest BCUT2D eigenvalue weighted by molar-refractivity contribution is 9.10. The minimum absolute atomic E-state index is 0.272. The highest BCUT2D eigenvalue weighted by Crippen LogP contribution is 2.37. The molecule has 2 aromatic rings. The minimum atomic E-state index is -0.955. The van der Waals surface area contributed by atoms with Crippen LogP contribution in [0.4, 0.5) is 4.39 Å². The maximum Gasteiger partial charge on any atom is 0.338 e. The third-order valence-electron chi connectivity index (χ3n) is 6.41. The first-order valence-electron chi connectivity index (χ1n) is 12.2. The van der Waals surface area contributed by atoms with E-state index in [0.717, 1.165) is 0 Å². The van der Waals surface area contributed by atoms with Crippen LogP contribution in [-0.4, -0.2) is 74.2 Å². The van der Waals surface area contributed by atoms with E-state index in [9.17, 15) is 14.0 Å². The van der Waals surface area contributed by atoms with Crippen LogP contribution in [0.15, 0.2) is 44.3 Å². The smallest absolute Gasteiger partial charge is 0.338 e. The van der Waals surface area contributed by atoms with E-state index in [1.807, 2.05) is 0 Å². The molecule has 1 saturated heterocycles. The van der Waals surface area contributed by atoms with Gasteiger partial charge in [-0.1, -0.05) is 22.0 Å². The monoisotopic (exact) mass is 608 g/mol. The number of morpholine rings is 1. The number of carbonyl (C=O) groups excluding carboxylic acids is 2. The molecule has 1 fully saturated rings. The molecule has 12 heteroatoms. The number of rotatable bonds is 8. The van der Waals surface area contributed by atoms with Crippen molar-refractivity contribution in [2.45, 2.75) is 32.2 Å². The van der Waals surface area contributed by atoms with Crippen LogP contribution in [-0.2, 0) is 29.2 Å². The van der Waals surface area contributed by atoms with Gasteiger partial charge in [0, 0.05) is 35.2 Å². The minimum Gasteiger partial charge on any atom is -0.466 e. The lowest BCUT2D eigenvalue weighted by Gasteiger charge is -2.32. The first-order chi connectivity index (χ1) is 18.1. The second-order valence-corrected chi connectivity index (χ2v) is 11.0. The van der Waals surface area contributed by atoms with Gasteiger partial charge in [0.1, 0.15) is 17.3 Å². The summed E-state index contributed by atoms with van der Waals surface area (Å²) in [4.78, 5) is 37.4. The summed E-state index contributed by atoms with van der Waals surface area (Å²) in [6.45, 7) is 8.56. The van der Waals surface area contributed by atoms with Crippen LogP contribution in [0.2, 0.25) is 0 Å². The van der Waals surface area contributed by atoms with Gasteiger partial charge in [-0.2, -0.15) is 0 Å². The standard InChI is InChI=1S/C26H30BrFN4O5S/c1-5-37-25(34)26(2,3)19-14-38-23(30-19)22-29-18(13-32-8-10-36-11-9-32)20(24(33)35-4)21(31-22)16-7-6-15(28)12-17(16)27/h6-7,12,14,21H,5,8-11,13H2,1-4H3,(H,29,31). The Morgan fingerprint density at radius 3 is 2.71 bits per heavy atom. The van der Waals surface area contributed by atoms with Gasteiger partial charge in [-0.05, 0) is 38.5 Å². The van der Waals surface area contributed by atoms with Gasteiger partial charge in [0.15, 0.2) is 10.8 Å². The first-order valence-corrected chi connectivity index (χ1v) is 13.9. The Bertz CT molecular complexity index is 1270. The molecule has 1 N–H and O–H groups in total. The Kier molecular flexibility index (Phi) is 8.96. The summed E-state index contributed by atoms with van der Waals surface area (Å²) >= 11 is 4.77. The number of esters is 2. The van der Waals surface area contributed by atoms with Crippen molar-refractivity contribution in [3.63, 3.8) is 0 Å². The zero-order valence-electron chi connectivity index (χ0n) is 21.7. The molecule has 0 radical (unpaired) electrons. The summed E-state index contributed by atoms with van der Waals surface area (Å²) in [5, 5.41) is 5.67. The number of benzene rings is 1. The van der Waals surface area contributed by atoms with Crippen molar-refractivity contribution in [1.82, 2.24) is 15.2 Å². The summed E-state index contributed by atoms with van der Waals surface area (Å²) in [5.74, 6) is -0.878. The molecule has 0 bridgehead atoms. The van der Waals surface area contributed by atoms with Gasteiger partial charge in [-0.25, -0.2) is 14.2 Å². The molecule has 0 saturated carbocycles. The van der Waals surface area contributed by atoms with E-state index in [1.165, 1.54) is 30.6 Å². The van der Waals surface area contributed by atoms with Crippen LogP contribution in [0, 0.1) is 5.82 Å². The fourth-order valence-corrected chi connectivity index (χ4v) is 5.70. The maximum atomic E-state index is 14.0. The zero-order valence-corrected chi connectivity index (χ0v) is 24.1. The number of amidine groups is 1. The second kappa shape index (κ2) is 12.0. The third kappa shape index (κ3) is 5.98. The van der Waals surface area contributed by atoms with E-state index < -0.39 is 23.2 Å². The van der Waals surface area contributed by atoms with Crippen molar-refractivity contribution in [3.8, 4) is 0 Å². The molecule has 38 heavy (non-hydrogen) atoms. The molecular formula is C26H30BrFN4O5S.